The van der Waals surface area contributed by atoms with E-state index in [1.807, 2.05) is 37.4 Å². The van der Waals surface area contributed by atoms with Crippen LogP contribution < -0.4 is 0 Å². The largest absolute Gasteiger partial charge is 0.289 e. The Morgan fingerprint density at radius 2 is 1.94 bits per heavy atom. The van der Waals surface area contributed by atoms with Gasteiger partial charge >= 0.3 is 0 Å². The Hall–Kier alpha value is -1.12. The summed E-state index contributed by atoms with van der Waals surface area (Å²) in [4.78, 5) is 13.2. The Labute approximate surface area is 104 Å². The van der Waals surface area contributed by atoms with Gasteiger partial charge in [-0.2, -0.15) is 0 Å². The molecule has 1 heterocycles. The number of benzene rings is 1. The predicted molar refractivity (Wildman–Crippen MR) is 68.7 cm³/mol. The van der Waals surface area contributed by atoms with Crippen LogP contribution in [-0.4, -0.2) is 5.78 Å². The van der Waals surface area contributed by atoms with Crippen LogP contribution in [0.2, 0.25) is 5.02 Å². The first kappa shape index (κ1) is 11.4. The summed E-state index contributed by atoms with van der Waals surface area (Å²) in [6.45, 7) is 3.90. The second kappa shape index (κ2) is 4.40. The van der Waals surface area contributed by atoms with E-state index < -0.39 is 0 Å². The van der Waals surface area contributed by atoms with Crippen LogP contribution in [0.1, 0.15) is 26.4 Å². The first-order valence-electron chi connectivity index (χ1n) is 4.94. The molecule has 2 rings (SSSR count). The number of rotatable bonds is 2. The highest BCUT2D eigenvalue weighted by Gasteiger charge is 2.15. The van der Waals surface area contributed by atoms with Crippen molar-refractivity contribution in [3.63, 3.8) is 0 Å². The zero-order valence-corrected chi connectivity index (χ0v) is 10.7. The molecule has 0 unspecified atom stereocenters. The van der Waals surface area contributed by atoms with Crippen molar-refractivity contribution >= 4 is 28.7 Å². The standard InChI is InChI=1S/C13H11ClOS/c1-8-3-4-11(12(14)7-8)13(15)10-5-6-16-9(10)2/h3-7H,1-2H3. The first-order chi connectivity index (χ1) is 7.59. The normalized spacial score (nSPS) is 10.4. The van der Waals surface area contributed by atoms with Crippen LogP contribution in [-0.2, 0) is 0 Å². The van der Waals surface area contributed by atoms with Crippen LogP contribution in [0.5, 0.6) is 0 Å². The molecular weight excluding hydrogens is 240 g/mol. The highest BCUT2D eigenvalue weighted by Crippen LogP contribution is 2.24. The number of halogens is 1. The summed E-state index contributed by atoms with van der Waals surface area (Å²) in [5.41, 5.74) is 2.38. The fraction of sp³-hybridized carbons (Fsp3) is 0.154. The third-order valence-corrected chi connectivity index (χ3v) is 3.63. The van der Waals surface area contributed by atoms with E-state index in [1.54, 1.807) is 17.4 Å². The van der Waals surface area contributed by atoms with Gasteiger partial charge in [0.2, 0.25) is 0 Å². The third kappa shape index (κ3) is 2.04. The third-order valence-electron chi connectivity index (χ3n) is 2.47. The molecule has 0 aliphatic carbocycles. The van der Waals surface area contributed by atoms with E-state index in [2.05, 4.69) is 0 Å². The Morgan fingerprint density at radius 1 is 1.19 bits per heavy atom. The fourth-order valence-electron chi connectivity index (χ4n) is 1.57. The summed E-state index contributed by atoms with van der Waals surface area (Å²) in [7, 11) is 0. The van der Waals surface area contributed by atoms with Gasteiger partial charge in [0.1, 0.15) is 0 Å². The van der Waals surface area contributed by atoms with E-state index in [0.717, 1.165) is 16.0 Å². The molecular formula is C13H11ClOS. The summed E-state index contributed by atoms with van der Waals surface area (Å²) in [5, 5.41) is 2.44. The Bertz CT molecular complexity index is 543. The summed E-state index contributed by atoms with van der Waals surface area (Å²) in [6.07, 6.45) is 0. The summed E-state index contributed by atoms with van der Waals surface area (Å²) in [5.74, 6) is 0.00347. The molecule has 0 N–H and O–H groups in total. The van der Waals surface area contributed by atoms with Crippen molar-refractivity contribution in [2.24, 2.45) is 0 Å². The van der Waals surface area contributed by atoms with E-state index >= 15 is 0 Å². The van der Waals surface area contributed by atoms with Crippen molar-refractivity contribution in [2.45, 2.75) is 13.8 Å². The molecule has 2 aromatic rings. The number of carbonyl (C=O) groups is 1. The van der Waals surface area contributed by atoms with Crippen molar-refractivity contribution in [3.05, 3.63) is 56.2 Å². The number of hydrogen-bond acceptors (Lipinski definition) is 2. The first-order valence-corrected chi connectivity index (χ1v) is 6.20. The van der Waals surface area contributed by atoms with Gasteiger partial charge < -0.3 is 0 Å². The van der Waals surface area contributed by atoms with Gasteiger partial charge in [-0.05, 0) is 43.0 Å². The van der Waals surface area contributed by atoms with Crippen LogP contribution in [0, 0.1) is 13.8 Å². The zero-order chi connectivity index (χ0) is 11.7. The fourth-order valence-corrected chi connectivity index (χ4v) is 2.59. The number of thiophene rings is 1. The van der Waals surface area contributed by atoms with Gasteiger partial charge in [0.25, 0.3) is 0 Å². The molecule has 1 aromatic heterocycles. The van der Waals surface area contributed by atoms with Crippen LogP contribution in [0.4, 0.5) is 0 Å². The van der Waals surface area contributed by atoms with E-state index in [9.17, 15) is 4.79 Å². The van der Waals surface area contributed by atoms with Gasteiger partial charge in [0, 0.05) is 16.0 Å². The van der Waals surface area contributed by atoms with Crippen molar-refractivity contribution < 1.29 is 4.79 Å². The highest BCUT2D eigenvalue weighted by atomic mass is 35.5. The minimum atomic E-state index is 0.00347. The molecule has 3 heteroatoms. The van der Waals surface area contributed by atoms with E-state index in [0.29, 0.717) is 10.6 Å². The lowest BCUT2D eigenvalue weighted by Crippen LogP contribution is -2.02. The molecule has 0 saturated carbocycles. The number of ketones is 1. The number of aryl methyl sites for hydroxylation is 2. The van der Waals surface area contributed by atoms with E-state index in [-0.39, 0.29) is 5.78 Å². The molecule has 0 aliphatic rings. The summed E-state index contributed by atoms with van der Waals surface area (Å²) in [6, 6.07) is 7.35. The van der Waals surface area contributed by atoms with Crippen molar-refractivity contribution in [1.29, 1.82) is 0 Å². The quantitative estimate of drug-likeness (QED) is 0.729. The van der Waals surface area contributed by atoms with Crippen LogP contribution in [0.25, 0.3) is 0 Å². The summed E-state index contributed by atoms with van der Waals surface area (Å²) < 4.78 is 0. The van der Waals surface area contributed by atoms with E-state index in [1.165, 1.54) is 0 Å². The average Bonchev–Trinajstić information content (AvgIpc) is 2.63. The van der Waals surface area contributed by atoms with Crippen LogP contribution >= 0.6 is 22.9 Å². The lowest BCUT2D eigenvalue weighted by atomic mass is 10.0. The second-order valence-corrected chi connectivity index (χ2v) is 5.23. The molecule has 16 heavy (non-hydrogen) atoms. The van der Waals surface area contributed by atoms with Gasteiger partial charge in [-0.1, -0.05) is 17.7 Å². The molecule has 0 amide bonds. The minimum absolute atomic E-state index is 0.00347. The number of hydrogen-bond donors (Lipinski definition) is 0. The van der Waals surface area contributed by atoms with Crippen molar-refractivity contribution in [2.75, 3.05) is 0 Å². The molecule has 0 saturated heterocycles. The Balaban J connectivity index is 2.46. The lowest BCUT2D eigenvalue weighted by molar-refractivity contribution is 0.103. The molecule has 1 aromatic carbocycles. The maximum Gasteiger partial charge on any atom is 0.195 e. The van der Waals surface area contributed by atoms with Crippen molar-refractivity contribution in [3.8, 4) is 0 Å². The SMILES string of the molecule is Cc1ccc(C(=O)c2ccsc2C)c(Cl)c1. The average molecular weight is 251 g/mol. The zero-order valence-electron chi connectivity index (χ0n) is 9.08. The molecule has 1 nitrogen and oxygen atoms in total. The number of carbonyl (C=O) groups excluding carboxylic acids is 1. The smallest absolute Gasteiger partial charge is 0.195 e. The maximum absolute atomic E-state index is 12.2. The Kier molecular flexibility index (Phi) is 3.13. The molecule has 0 atom stereocenters. The molecule has 0 fully saturated rings. The molecule has 0 aliphatic heterocycles. The maximum atomic E-state index is 12.2. The van der Waals surface area contributed by atoms with E-state index in [4.69, 9.17) is 11.6 Å². The Morgan fingerprint density at radius 3 is 2.50 bits per heavy atom. The van der Waals surface area contributed by atoms with Gasteiger partial charge in [-0.25, -0.2) is 0 Å². The molecule has 0 radical (unpaired) electrons. The van der Waals surface area contributed by atoms with Gasteiger partial charge in [0.15, 0.2) is 5.78 Å². The van der Waals surface area contributed by atoms with Gasteiger partial charge in [0.05, 0.1) is 5.02 Å². The second-order valence-electron chi connectivity index (χ2n) is 3.70. The molecule has 0 bridgehead atoms. The minimum Gasteiger partial charge on any atom is -0.289 e. The monoisotopic (exact) mass is 250 g/mol. The predicted octanol–water partition coefficient (Wildman–Crippen LogP) is 4.25. The molecule has 82 valence electrons. The topological polar surface area (TPSA) is 17.1 Å². The van der Waals surface area contributed by atoms with Crippen LogP contribution in [0.3, 0.4) is 0 Å². The van der Waals surface area contributed by atoms with Gasteiger partial charge in [-0.3, -0.25) is 4.79 Å². The van der Waals surface area contributed by atoms with Crippen molar-refractivity contribution in [1.82, 2.24) is 0 Å². The van der Waals surface area contributed by atoms with Crippen LogP contribution in [0.15, 0.2) is 29.6 Å². The summed E-state index contributed by atoms with van der Waals surface area (Å²) >= 11 is 7.65. The highest BCUT2D eigenvalue weighted by molar-refractivity contribution is 7.10. The molecule has 0 spiro atoms. The van der Waals surface area contributed by atoms with Gasteiger partial charge in [-0.15, -0.1) is 11.3 Å². The lowest BCUT2D eigenvalue weighted by Gasteiger charge is -2.04.